The first-order valence-corrected chi connectivity index (χ1v) is 16.1. The molecule has 3 rings (SSSR count). The summed E-state index contributed by atoms with van der Waals surface area (Å²) in [6.45, 7) is 0. The van der Waals surface area contributed by atoms with Crippen LogP contribution in [0.2, 0.25) is 0 Å². The smallest absolute Gasteiger partial charge is 0.119 e. The number of ether oxygens (including phenoxy) is 2. The molecule has 1 aliphatic heterocycles. The highest BCUT2D eigenvalue weighted by Gasteiger charge is 2.47. The maximum Gasteiger partial charge on any atom is 0.119 e. The Morgan fingerprint density at radius 3 is 2.27 bits per heavy atom. The molecule has 2 nitrogen and oxygen atoms in total. The Labute approximate surface area is 149 Å². The monoisotopic (exact) mass is 405 g/mol. The van der Waals surface area contributed by atoms with E-state index in [1.54, 1.807) is 24.6 Å². The molecule has 0 amide bonds. The van der Waals surface area contributed by atoms with Crippen LogP contribution < -0.4 is 20.1 Å². The molecule has 1 aliphatic rings. The lowest BCUT2D eigenvalue weighted by atomic mass is 10.3. The van der Waals surface area contributed by atoms with Crippen molar-refractivity contribution in [2.45, 2.75) is 0 Å². The molecule has 2 aromatic carbocycles. The van der Waals surface area contributed by atoms with Gasteiger partial charge in [0.05, 0.1) is 25.4 Å². The van der Waals surface area contributed by atoms with E-state index < -0.39 is 4.87 Å². The van der Waals surface area contributed by atoms with Gasteiger partial charge in [0.15, 0.2) is 0 Å². The molecule has 0 unspecified atom stereocenters. The van der Waals surface area contributed by atoms with Crippen LogP contribution in [0, 0.1) is 0 Å². The zero-order valence-electron chi connectivity index (χ0n) is 12.0. The second kappa shape index (κ2) is 7.46. The van der Waals surface area contributed by atoms with Crippen LogP contribution in [0.1, 0.15) is 0 Å². The number of rotatable bonds is 5. The van der Waals surface area contributed by atoms with E-state index in [1.165, 1.54) is 10.6 Å². The number of methoxy groups -OCH3 is 2. The SMILES string of the molecule is COc1cccc(P2S[P](SS)(c3cccc(OC)c3)S2)c1. The Hall–Kier alpha value is 0.300. The van der Waals surface area contributed by atoms with Gasteiger partial charge in [-0.1, -0.05) is 46.3 Å². The predicted octanol–water partition coefficient (Wildman–Crippen LogP) is 5.79. The largest absolute Gasteiger partial charge is 0.497 e. The molecule has 2 aromatic rings. The van der Waals surface area contributed by atoms with Gasteiger partial charge in [-0.3, -0.25) is 0 Å². The quantitative estimate of drug-likeness (QED) is 0.385. The van der Waals surface area contributed by atoms with E-state index in [0.717, 1.165) is 11.5 Å². The van der Waals surface area contributed by atoms with Crippen LogP contribution in [0.3, 0.4) is 0 Å². The average Bonchev–Trinajstić information content (AvgIpc) is 2.55. The van der Waals surface area contributed by atoms with E-state index >= 15 is 0 Å². The van der Waals surface area contributed by atoms with Crippen LogP contribution in [0.25, 0.3) is 0 Å². The highest BCUT2D eigenvalue weighted by molar-refractivity contribution is 9.55. The maximum absolute atomic E-state index is 5.36. The summed E-state index contributed by atoms with van der Waals surface area (Å²) in [5.41, 5.74) is 0. The molecule has 1 fully saturated rings. The third-order valence-corrected chi connectivity index (χ3v) is 34.5. The van der Waals surface area contributed by atoms with Crippen LogP contribution in [0.15, 0.2) is 48.5 Å². The lowest BCUT2D eigenvalue weighted by Gasteiger charge is -2.45. The second-order valence-corrected chi connectivity index (χ2v) is 23.2. The molecule has 1 saturated heterocycles. The zero-order chi connectivity index (χ0) is 15.6. The molecule has 8 heteroatoms. The number of hydrogen-bond donors (Lipinski definition) is 1. The van der Waals surface area contributed by atoms with Gasteiger partial charge in [0, 0.05) is 10.6 Å². The first-order valence-electron chi connectivity index (χ1n) is 6.41. The molecule has 0 aromatic heterocycles. The molecule has 117 valence electrons. The maximum atomic E-state index is 5.36. The highest BCUT2D eigenvalue weighted by Crippen LogP contribution is 3.10. The van der Waals surface area contributed by atoms with Crippen LogP contribution in [0.4, 0.5) is 0 Å². The van der Waals surface area contributed by atoms with Gasteiger partial charge in [-0.25, -0.2) is 0 Å². The van der Waals surface area contributed by atoms with E-state index in [4.69, 9.17) is 9.47 Å². The normalized spacial score (nSPS) is 23.7. The summed E-state index contributed by atoms with van der Waals surface area (Å²) in [7, 11) is 5.12. The number of thiol groups is 1. The van der Waals surface area contributed by atoms with Crippen molar-refractivity contribution in [2.75, 3.05) is 14.2 Å². The number of hydrogen-bond acceptors (Lipinski definition) is 6. The van der Waals surface area contributed by atoms with Gasteiger partial charge in [-0.05, 0) is 34.7 Å². The Morgan fingerprint density at radius 2 is 1.64 bits per heavy atom. The third kappa shape index (κ3) is 3.38. The van der Waals surface area contributed by atoms with Crippen LogP contribution in [0.5, 0.6) is 11.5 Å². The fourth-order valence-corrected chi connectivity index (χ4v) is 36.3. The summed E-state index contributed by atoms with van der Waals surface area (Å²) in [4.78, 5) is -1.37. The molecule has 0 bridgehead atoms. The summed E-state index contributed by atoms with van der Waals surface area (Å²) in [5.74, 6) is 1.84. The first-order chi connectivity index (χ1) is 10.7. The molecule has 0 aliphatic carbocycles. The van der Waals surface area contributed by atoms with E-state index in [9.17, 15) is 0 Å². The lowest BCUT2D eigenvalue weighted by molar-refractivity contribution is 0.415. The van der Waals surface area contributed by atoms with Gasteiger partial charge >= 0.3 is 0 Å². The second-order valence-electron chi connectivity index (χ2n) is 4.40. The summed E-state index contributed by atoms with van der Waals surface area (Å²) < 4.78 is 10.7. The Morgan fingerprint density at radius 1 is 1.00 bits per heavy atom. The van der Waals surface area contributed by atoms with Crippen molar-refractivity contribution >= 4 is 65.9 Å². The Balaban J connectivity index is 1.80. The van der Waals surface area contributed by atoms with Gasteiger partial charge in [0.25, 0.3) is 0 Å². The number of benzene rings is 2. The fraction of sp³-hybridized carbons (Fsp3) is 0.143. The molecule has 0 atom stereocenters. The minimum atomic E-state index is -1.37. The lowest BCUT2D eigenvalue weighted by Crippen LogP contribution is -2.09. The molecular formula is C14H15O2P2S4. The third-order valence-electron chi connectivity index (χ3n) is 3.10. The van der Waals surface area contributed by atoms with Gasteiger partial charge in [0.2, 0.25) is 0 Å². The van der Waals surface area contributed by atoms with Gasteiger partial charge < -0.3 is 9.47 Å². The van der Waals surface area contributed by atoms with Crippen molar-refractivity contribution in [3.8, 4) is 11.5 Å². The predicted molar refractivity (Wildman–Crippen MR) is 111 cm³/mol. The average molecular weight is 405 g/mol. The van der Waals surface area contributed by atoms with E-state index in [2.05, 4.69) is 70.1 Å². The van der Waals surface area contributed by atoms with Crippen LogP contribution in [-0.4, -0.2) is 14.2 Å². The van der Waals surface area contributed by atoms with Crippen molar-refractivity contribution in [1.82, 2.24) is 0 Å². The van der Waals surface area contributed by atoms with Crippen molar-refractivity contribution in [1.29, 1.82) is 0 Å². The fourth-order valence-electron chi connectivity index (χ4n) is 1.97. The van der Waals surface area contributed by atoms with Crippen molar-refractivity contribution in [3.63, 3.8) is 0 Å². The Kier molecular flexibility index (Phi) is 5.81. The van der Waals surface area contributed by atoms with Gasteiger partial charge in [-0.15, -0.1) is 11.7 Å². The summed E-state index contributed by atoms with van der Waals surface area (Å²) >= 11 is 8.73. The van der Waals surface area contributed by atoms with E-state index in [1.807, 2.05) is 12.1 Å². The molecule has 0 N–H and O–H groups in total. The van der Waals surface area contributed by atoms with Gasteiger partial charge in [0.1, 0.15) is 11.5 Å². The summed E-state index contributed by atoms with van der Waals surface area (Å²) in [6.07, 6.45) is -0.254. The minimum Gasteiger partial charge on any atom is -0.497 e. The molecule has 0 saturated carbocycles. The molecule has 1 radical (unpaired) electrons. The van der Waals surface area contributed by atoms with Crippen molar-refractivity contribution in [2.24, 2.45) is 0 Å². The molecule has 0 spiro atoms. The first kappa shape index (κ1) is 17.1. The minimum absolute atomic E-state index is 0.254. The standard InChI is InChI=1S/C14H15O2P2S4/c1-15-11-5-3-7-13(9-11)17-20-18(21-17,22-19)14-8-4-6-12(10-14)16-2/h3-10,19H,1-2H3. The van der Waals surface area contributed by atoms with Crippen LogP contribution in [-0.2, 0) is 0 Å². The highest BCUT2D eigenvalue weighted by atomic mass is 33.8. The molecule has 22 heavy (non-hydrogen) atoms. The zero-order valence-corrected chi connectivity index (χ0v) is 17.1. The topological polar surface area (TPSA) is 18.5 Å². The Bertz CT molecular complexity index is 665. The van der Waals surface area contributed by atoms with Crippen molar-refractivity contribution < 1.29 is 9.47 Å². The van der Waals surface area contributed by atoms with E-state index in [0.29, 0.717) is 0 Å². The van der Waals surface area contributed by atoms with Gasteiger partial charge in [-0.2, -0.15) is 0 Å². The van der Waals surface area contributed by atoms with Crippen molar-refractivity contribution in [3.05, 3.63) is 48.5 Å². The summed E-state index contributed by atoms with van der Waals surface area (Å²) in [6, 6.07) is 16.8. The summed E-state index contributed by atoms with van der Waals surface area (Å²) in [5, 5.41) is 2.72. The van der Waals surface area contributed by atoms with Crippen LogP contribution >= 0.6 is 55.3 Å². The van der Waals surface area contributed by atoms with E-state index in [-0.39, 0.29) is 6.33 Å². The molecular weight excluding hydrogens is 390 g/mol. The molecule has 1 heterocycles.